The van der Waals surface area contributed by atoms with Crippen LogP contribution in [0, 0.1) is 0 Å². The Bertz CT molecular complexity index is 408. The molecule has 2 fully saturated rings. The minimum absolute atomic E-state index is 0. The first-order chi connectivity index (χ1) is 11.7. The van der Waals surface area contributed by atoms with Crippen LogP contribution in [-0.4, -0.2) is 92.8 Å². The Balaban J connectivity index is 0.00000312. The average molecular weight is 467 g/mol. The molecule has 0 aromatic heterocycles. The molecule has 0 saturated carbocycles. The van der Waals surface area contributed by atoms with Crippen molar-refractivity contribution in [3.63, 3.8) is 0 Å². The molecule has 7 nitrogen and oxygen atoms in total. The van der Waals surface area contributed by atoms with E-state index in [1.54, 1.807) is 4.90 Å². The molecule has 0 atom stereocenters. The predicted octanol–water partition coefficient (Wildman–Crippen LogP) is 1.83. The number of amides is 1. The Morgan fingerprint density at radius 1 is 1.04 bits per heavy atom. The van der Waals surface area contributed by atoms with Crippen LogP contribution in [-0.2, 0) is 4.74 Å². The Hall–Kier alpha value is -0.770. The van der Waals surface area contributed by atoms with Gasteiger partial charge >= 0.3 is 6.09 Å². The van der Waals surface area contributed by atoms with E-state index in [9.17, 15) is 4.79 Å². The maximum Gasteiger partial charge on any atom is 0.409 e. The third kappa shape index (κ3) is 7.55. The molecule has 2 saturated heterocycles. The van der Waals surface area contributed by atoms with Gasteiger partial charge in [0.15, 0.2) is 5.96 Å². The Kier molecular flexibility index (Phi) is 11.2. The van der Waals surface area contributed by atoms with Crippen molar-refractivity contribution in [1.29, 1.82) is 0 Å². The van der Waals surface area contributed by atoms with Crippen molar-refractivity contribution in [3.8, 4) is 0 Å². The van der Waals surface area contributed by atoms with Crippen molar-refractivity contribution in [3.05, 3.63) is 0 Å². The lowest BCUT2D eigenvalue weighted by Gasteiger charge is -2.35. The van der Waals surface area contributed by atoms with Crippen molar-refractivity contribution in [2.24, 2.45) is 4.99 Å². The summed E-state index contributed by atoms with van der Waals surface area (Å²) in [5, 5.41) is 3.46. The molecule has 0 aromatic carbocycles. The fourth-order valence-corrected chi connectivity index (χ4v) is 3.31. The first-order valence-electron chi connectivity index (χ1n) is 9.34. The monoisotopic (exact) mass is 467 g/mol. The number of hydrogen-bond acceptors (Lipinski definition) is 4. The van der Waals surface area contributed by atoms with Gasteiger partial charge in [-0.3, -0.25) is 4.99 Å². The van der Waals surface area contributed by atoms with Crippen LogP contribution in [0.5, 0.6) is 0 Å². The summed E-state index contributed by atoms with van der Waals surface area (Å²) in [5.41, 5.74) is 0. The second kappa shape index (κ2) is 12.6. The summed E-state index contributed by atoms with van der Waals surface area (Å²) in [5.74, 6) is 0.944. The van der Waals surface area contributed by atoms with Crippen molar-refractivity contribution < 1.29 is 9.53 Å². The lowest BCUT2D eigenvalue weighted by atomic mass is 10.3. The van der Waals surface area contributed by atoms with E-state index in [1.807, 2.05) is 14.0 Å². The summed E-state index contributed by atoms with van der Waals surface area (Å²) >= 11 is 0. The number of likely N-dealkylation sites (tertiary alicyclic amines) is 1. The summed E-state index contributed by atoms with van der Waals surface area (Å²) in [6.07, 6.45) is 4.92. The number of halogens is 1. The van der Waals surface area contributed by atoms with Crippen LogP contribution in [0.25, 0.3) is 0 Å². The van der Waals surface area contributed by atoms with Gasteiger partial charge in [-0.1, -0.05) is 0 Å². The second-order valence-corrected chi connectivity index (χ2v) is 6.40. The molecule has 0 unspecified atom stereocenters. The van der Waals surface area contributed by atoms with Crippen LogP contribution in [0.1, 0.15) is 32.6 Å². The fourth-order valence-electron chi connectivity index (χ4n) is 3.31. The largest absolute Gasteiger partial charge is 0.450 e. The van der Waals surface area contributed by atoms with E-state index < -0.39 is 0 Å². The number of rotatable bonds is 6. The SMILES string of the molecule is CCOC(=O)N1CCN(C(=NC)NCCCCN2CCCC2)CC1.I. The summed E-state index contributed by atoms with van der Waals surface area (Å²) in [7, 11) is 1.82. The van der Waals surface area contributed by atoms with Gasteiger partial charge in [-0.25, -0.2) is 4.79 Å². The molecule has 2 heterocycles. The van der Waals surface area contributed by atoms with Gasteiger partial charge in [0.1, 0.15) is 0 Å². The number of ether oxygens (including phenoxy) is 1. The van der Waals surface area contributed by atoms with Crippen LogP contribution >= 0.6 is 24.0 Å². The zero-order valence-corrected chi connectivity index (χ0v) is 18.0. The summed E-state index contributed by atoms with van der Waals surface area (Å²) in [6, 6.07) is 0. The first kappa shape index (κ1) is 22.3. The standard InChI is InChI=1S/C17H33N5O2.HI/c1-3-24-17(23)22-14-12-21(13-15-22)16(18-2)19-8-4-5-9-20-10-6-7-11-20;/h3-15H2,1-2H3,(H,18,19);1H. The number of carbonyl (C=O) groups is 1. The quantitative estimate of drug-likeness (QED) is 0.280. The Labute approximate surface area is 169 Å². The smallest absolute Gasteiger partial charge is 0.409 e. The van der Waals surface area contributed by atoms with E-state index in [-0.39, 0.29) is 30.1 Å². The molecule has 0 bridgehead atoms. The molecule has 1 amide bonds. The van der Waals surface area contributed by atoms with Gasteiger partial charge < -0.3 is 24.8 Å². The van der Waals surface area contributed by atoms with E-state index >= 15 is 0 Å². The highest BCUT2D eigenvalue weighted by Crippen LogP contribution is 2.08. The summed E-state index contributed by atoms with van der Waals surface area (Å²) in [4.78, 5) is 22.7. The predicted molar refractivity (Wildman–Crippen MR) is 112 cm³/mol. The normalized spacial score (nSPS) is 18.9. The second-order valence-electron chi connectivity index (χ2n) is 6.40. The number of piperazine rings is 1. The molecular formula is C17H34IN5O2. The number of unbranched alkanes of at least 4 members (excludes halogenated alkanes) is 1. The number of carbonyl (C=O) groups excluding carboxylic acids is 1. The van der Waals surface area contributed by atoms with Gasteiger partial charge in [-0.15, -0.1) is 24.0 Å². The van der Waals surface area contributed by atoms with Crippen molar-refractivity contribution in [2.75, 3.05) is 66.0 Å². The Morgan fingerprint density at radius 3 is 2.28 bits per heavy atom. The van der Waals surface area contributed by atoms with Crippen LogP contribution in [0.4, 0.5) is 4.79 Å². The van der Waals surface area contributed by atoms with Crippen LogP contribution in [0.2, 0.25) is 0 Å². The van der Waals surface area contributed by atoms with E-state index in [1.165, 1.54) is 38.9 Å². The molecule has 25 heavy (non-hydrogen) atoms. The number of nitrogens with one attached hydrogen (secondary N) is 1. The van der Waals surface area contributed by atoms with E-state index in [0.29, 0.717) is 19.7 Å². The third-order valence-corrected chi connectivity index (χ3v) is 4.70. The minimum atomic E-state index is -0.206. The van der Waals surface area contributed by atoms with Crippen molar-refractivity contribution in [1.82, 2.24) is 20.0 Å². The average Bonchev–Trinajstić information content (AvgIpc) is 3.12. The number of guanidine groups is 1. The highest BCUT2D eigenvalue weighted by Gasteiger charge is 2.23. The van der Waals surface area contributed by atoms with Crippen molar-refractivity contribution in [2.45, 2.75) is 32.6 Å². The molecule has 0 spiro atoms. The van der Waals surface area contributed by atoms with Gasteiger partial charge in [-0.05, 0) is 52.2 Å². The number of nitrogens with zero attached hydrogens (tertiary/aromatic N) is 4. The first-order valence-corrected chi connectivity index (χ1v) is 9.34. The van der Waals surface area contributed by atoms with Crippen LogP contribution < -0.4 is 5.32 Å². The lowest BCUT2D eigenvalue weighted by Crippen LogP contribution is -2.54. The van der Waals surface area contributed by atoms with Gasteiger partial charge in [-0.2, -0.15) is 0 Å². The van der Waals surface area contributed by atoms with E-state index in [2.05, 4.69) is 20.1 Å². The van der Waals surface area contributed by atoms with Crippen LogP contribution in [0.3, 0.4) is 0 Å². The van der Waals surface area contributed by atoms with Gasteiger partial charge in [0.05, 0.1) is 6.61 Å². The minimum Gasteiger partial charge on any atom is -0.450 e. The zero-order chi connectivity index (χ0) is 17.2. The third-order valence-electron chi connectivity index (χ3n) is 4.70. The molecule has 146 valence electrons. The highest BCUT2D eigenvalue weighted by molar-refractivity contribution is 14.0. The number of hydrogen-bond donors (Lipinski definition) is 1. The molecule has 0 aromatic rings. The topological polar surface area (TPSA) is 60.4 Å². The molecule has 0 radical (unpaired) electrons. The zero-order valence-electron chi connectivity index (χ0n) is 15.7. The highest BCUT2D eigenvalue weighted by atomic mass is 127. The van der Waals surface area contributed by atoms with Crippen LogP contribution in [0.15, 0.2) is 4.99 Å². The molecule has 1 N–H and O–H groups in total. The molecule has 8 heteroatoms. The number of aliphatic imine (C=N–C) groups is 1. The Morgan fingerprint density at radius 2 is 1.68 bits per heavy atom. The molecular weight excluding hydrogens is 433 g/mol. The maximum absolute atomic E-state index is 11.7. The van der Waals surface area contributed by atoms with Gasteiger partial charge in [0.2, 0.25) is 0 Å². The molecule has 2 rings (SSSR count). The summed E-state index contributed by atoms with van der Waals surface area (Å²) < 4.78 is 5.06. The van der Waals surface area contributed by atoms with E-state index in [4.69, 9.17) is 4.74 Å². The lowest BCUT2D eigenvalue weighted by molar-refractivity contribution is 0.0914. The fraction of sp³-hybridized carbons (Fsp3) is 0.882. The van der Waals surface area contributed by atoms with Crippen molar-refractivity contribution >= 4 is 36.0 Å². The van der Waals surface area contributed by atoms with Gasteiger partial charge in [0.25, 0.3) is 0 Å². The maximum atomic E-state index is 11.7. The summed E-state index contributed by atoms with van der Waals surface area (Å²) in [6.45, 7) is 9.97. The molecule has 0 aliphatic carbocycles. The molecule has 2 aliphatic rings. The van der Waals surface area contributed by atoms with Gasteiger partial charge in [0, 0.05) is 39.8 Å². The molecule has 2 aliphatic heterocycles. The van der Waals surface area contributed by atoms with E-state index in [0.717, 1.165) is 32.0 Å².